The summed E-state index contributed by atoms with van der Waals surface area (Å²) < 4.78 is 7.80. The van der Waals surface area contributed by atoms with Crippen molar-refractivity contribution in [1.29, 1.82) is 0 Å². The molecule has 0 fully saturated rings. The topological polar surface area (TPSA) is 39.1 Å². The zero-order valence-electron chi connectivity index (χ0n) is 13.2. The fourth-order valence-electron chi connectivity index (χ4n) is 2.39. The summed E-state index contributed by atoms with van der Waals surface area (Å²) in [6.07, 6.45) is 5.63. The summed E-state index contributed by atoms with van der Waals surface area (Å²) in [5, 5.41) is 3.42. The first-order valence-corrected chi connectivity index (χ1v) is 7.60. The lowest BCUT2D eigenvalue weighted by Gasteiger charge is -2.12. The second-order valence-electron chi connectivity index (χ2n) is 5.36. The maximum absolute atomic E-state index is 5.77. The van der Waals surface area contributed by atoms with Gasteiger partial charge in [-0.05, 0) is 37.6 Å². The Hall–Kier alpha value is -1.81. The fourth-order valence-corrected chi connectivity index (χ4v) is 2.39. The molecule has 0 radical (unpaired) electrons. The van der Waals surface area contributed by atoms with Gasteiger partial charge in [0.1, 0.15) is 11.6 Å². The van der Waals surface area contributed by atoms with E-state index >= 15 is 0 Å². The maximum Gasteiger partial charge on any atom is 0.119 e. The van der Waals surface area contributed by atoms with Gasteiger partial charge in [0.25, 0.3) is 0 Å². The van der Waals surface area contributed by atoms with E-state index in [0.717, 1.165) is 31.0 Å². The van der Waals surface area contributed by atoms with E-state index in [2.05, 4.69) is 36.3 Å². The molecule has 0 bridgehead atoms. The van der Waals surface area contributed by atoms with Gasteiger partial charge in [-0.2, -0.15) is 0 Å². The molecule has 2 aromatic rings. The molecule has 0 spiro atoms. The van der Waals surface area contributed by atoms with Crippen LogP contribution in [0, 0.1) is 0 Å². The van der Waals surface area contributed by atoms with E-state index in [9.17, 15) is 0 Å². The Morgan fingerprint density at radius 2 is 2.05 bits per heavy atom. The van der Waals surface area contributed by atoms with E-state index in [1.807, 2.05) is 36.1 Å². The van der Waals surface area contributed by atoms with E-state index in [0.29, 0.717) is 12.6 Å². The van der Waals surface area contributed by atoms with Gasteiger partial charge in [0.05, 0.1) is 6.61 Å². The predicted octanol–water partition coefficient (Wildman–Crippen LogP) is 2.58. The van der Waals surface area contributed by atoms with E-state index in [-0.39, 0.29) is 0 Å². The molecule has 0 saturated heterocycles. The number of benzene rings is 1. The number of hydrogen-bond acceptors (Lipinski definition) is 3. The Bertz CT molecular complexity index is 533. The Morgan fingerprint density at radius 3 is 2.67 bits per heavy atom. The number of ether oxygens (including phenoxy) is 1. The molecule has 0 aliphatic heterocycles. The molecule has 1 aromatic carbocycles. The van der Waals surface area contributed by atoms with Gasteiger partial charge < -0.3 is 14.6 Å². The van der Waals surface area contributed by atoms with Gasteiger partial charge in [-0.15, -0.1) is 0 Å². The summed E-state index contributed by atoms with van der Waals surface area (Å²) in [6, 6.07) is 8.89. The van der Waals surface area contributed by atoms with Crippen molar-refractivity contribution in [2.24, 2.45) is 7.05 Å². The highest BCUT2D eigenvalue weighted by atomic mass is 16.5. The van der Waals surface area contributed by atoms with E-state index < -0.39 is 0 Å². The van der Waals surface area contributed by atoms with Crippen LogP contribution in [0.15, 0.2) is 36.7 Å². The Morgan fingerprint density at radius 1 is 1.29 bits per heavy atom. The Balaban J connectivity index is 1.78. The first-order valence-electron chi connectivity index (χ1n) is 7.60. The van der Waals surface area contributed by atoms with E-state index in [1.165, 1.54) is 5.56 Å². The smallest absolute Gasteiger partial charge is 0.119 e. The van der Waals surface area contributed by atoms with Crippen LogP contribution in [0.3, 0.4) is 0 Å². The van der Waals surface area contributed by atoms with Crippen LogP contribution < -0.4 is 10.1 Å². The van der Waals surface area contributed by atoms with Gasteiger partial charge in [-0.25, -0.2) is 4.98 Å². The number of hydrogen-bond donors (Lipinski definition) is 1. The van der Waals surface area contributed by atoms with Crippen molar-refractivity contribution in [2.75, 3.05) is 13.2 Å². The molecule has 0 saturated carbocycles. The summed E-state index contributed by atoms with van der Waals surface area (Å²) >= 11 is 0. The van der Waals surface area contributed by atoms with Crippen molar-refractivity contribution in [1.82, 2.24) is 14.9 Å². The van der Waals surface area contributed by atoms with Crippen LogP contribution in [0.25, 0.3) is 0 Å². The summed E-state index contributed by atoms with van der Waals surface area (Å²) in [7, 11) is 2.00. The lowest BCUT2D eigenvalue weighted by Crippen LogP contribution is -2.27. The van der Waals surface area contributed by atoms with Gasteiger partial charge in [0, 0.05) is 31.9 Å². The van der Waals surface area contributed by atoms with Gasteiger partial charge in [-0.3, -0.25) is 0 Å². The van der Waals surface area contributed by atoms with Crippen molar-refractivity contribution < 1.29 is 4.74 Å². The standard InChI is InChI=1S/C17H25N3O/c1-4-18-14(2)13-15-5-7-16(8-6-15)21-12-9-17-19-10-11-20(17)3/h5-8,10-11,14,18H,4,9,12-13H2,1-3H3. The average molecular weight is 287 g/mol. The van der Waals surface area contributed by atoms with Crippen LogP contribution in [0.4, 0.5) is 0 Å². The minimum Gasteiger partial charge on any atom is -0.493 e. The van der Waals surface area contributed by atoms with Crippen LogP contribution in [0.2, 0.25) is 0 Å². The quantitative estimate of drug-likeness (QED) is 0.811. The molecule has 4 nitrogen and oxygen atoms in total. The SMILES string of the molecule is CCNC(C)Cc1ccc(OCCc2nccn2C)cc1. The molecular weight excluding hydrogens is 262 g/mol. The fraction of sp³-hybridized carbons (Fsp3) is 0.471. The highest BCUT2D eigenvalue weighted by Gasteiger charge is 2.03. The lowest BCUT2D eigenvalue weighted by molar-refractivity contribution is 0.317. The van der Waals surface area contributed by atoms with Crippen LogP contribution in [-0.2, 0) is 19.9 Å². The molecule has 1 aromatic heterocycles. The minimum atomic E-state index is 0.505. The summed E-state index contributed by atoms with van der Waals surface area (Å²) in [4.78, 5) is 4.29. The molecule has 1 N–H and O–H groups in total. The molecule has 21 heavy (non-hydrogen) atoms. The highest BCUT2D eigenvalue weighted by molar-refractivity contribution is 5.27. The normalized spacial score (nSPS) is 12.3. The van der Waals surface area contributed by atoms with E-state index in [1.54, 1.807) is 0 Å². The van der Waals surface area contributed by atoms with Gasteiger partial charge in [0.2, 0.25) is 0 Å². The zero-order valence-corrected chi connectivity index (χ0v) is 13.2. The number of aryl methyl sites for hydroxylation is 1. The van der Waals surface area contributed by atoms with Gasteiger partial charge >= 0.3 is 0 Å². The van der Waals surface area contributed by atoms with Crippen molar-refractivity contribution in [3.8, 4) is 5.75 Å². The van der Waals surface area contributed by atoms with Crippen molar-refractivity contribution in [3.05, 3.63) is 48.0 Å². The largest absolute Gasteiger partial charge is 0.493 e. The molecule has 1 heterocycles. The van der Waals surface area contributed by atoms with Gasteiger partial charge in [0.15, 0.2) is 0 Å². The van der Waals surface area contributed by atoms with Crippen LogP contribution in [0.5, 0.6) is 5.75 Å². The molecule has 114 valence electrons. The number of imidazole rings is 1. The number of nitrogens with zero attached hydrogens (tertiary/aromatic N) is 2. The molecule has 4 heteroatoms. The molecule has 0 aliphatic carbocycles. The number of nitrogens with one attached hydrogen (secondary N) is 1. The first kappa shape index (κ1) is 15.6. The Kier molecular flexibility index (Phi) is 5.81. The van der Waals surface area contributed by atoms with Crippen molar-refractivity contribution >= 4 is 0 Å². The first-order chi connectivity index (χ1) is 10.2. The monoisotopic (exact) mass is 287 g/mol. The Labute approximate surface area is 127 Å². The number of aromatic nitrogens is 2. The van der Waals surface area contributed by atoms with Crippen molar-refractivity contribution in [3.63, 3.8) is 0 Å². The number of likely N-dealkylation sites (N-methyl/N-ethyl adjacent to an activating group) is 1. The van der Waals surface area contributed by atoms with E-state index in [4.69, 9.17) is 4.74 Å². The third kappa shape index (κ3) is 4.90. The number of rotatable bonds is 8. The third-order valence-corrected chi connectivity index (χ3v) is 3.53. The van der Waals surface area contributed by atoms with Crippen LogP contribution in [0.1, 0.15) is 25.2 Å². The van der Waals surface area contributed by atoms with Crippen LogP contribution >= 0.6 is 0 Å². The molecule has 2 rings (SSSR count). The van der Waals surface area contributed by atoms with Crippen molar-refractivity contribution in [2.45, 2.75) is 32.7 Å². The lowest BCUT2D eigenvalue weighted by atomic mass is 10.1. The minimum absolute atomic E-state index is 0.505. The molecular formula is C17H25N3O. The summed E-state index contributed by atoms with van der Waals surface area (Å²) in [5.74, 6) is 1.97. The molecule has 1 atom stereocenters. The second kappa shape index (κ2) is 7.84. The second-order valence-corrected chi connectivity index (χ2v) is 5.36. The van der Waals surface area contributed by atoms with Gasteiger partial charge in [-0.1, -0.05) is 19.1 Å². The molecule has 1 unspecified atom stereocenters. The molecule has 0 aliphatic rings. The molecule has 0 amide bonds. The maximum atomic E-state index is 5.77. The predicted molar refractivity (Wildman–Crippen MR) is 85.7 cm³/mol. The van der Waals surface area contributed by atoms with Crippen LogP contribution in [-0.4, -0.2) is 28.7 Å². The third-order valence-electron chi connectivity index (χ3n) is 3.53. The summed E-state index contributed by atoms with van der Waals surface area (Å²) in [6.45, 7) is 6.00. The summed E-state index contributed by atoms with van der Waals surface area (Å²) in [5.41, 5.74) is 1.33. The zero-order chi connectivity index (χ0) is 15.1. The highest BCUT2D eigenvalue weighted by Crippen LogP contribution is 2.14. The average Bonchev–Trinajstić information content (AvgIpc) is 2.87.